The molecule has 0 fully saturated rings. The second-order valence-electron chi connectivity index (χ2n) is 3.84. The number of hydrogen-bond acceptors (Lipinski definition) is 1. The lowest BCUT2D eigenvalue weighted by Gasteiger charge is -2.18. The fraction of sp³-hybridized carbons (Fsp3) is 0.417. The highest BCUT2D eigenvalue weighted by atomic mass is 14.2. The summed E-state index contributed by atoms with van der Waals surface area (Å²) in [4.78, 5) is 0. The van der Waals surface area contributed by atoms with Gasteiger partial charge in [-0.2, -0.15) is 5.26 Å². The summed E-state index contributed by atoms with van der Waals surface area (Å²) in [5.74, 6) is 0. The maximum atomic E-state index is 7.32. The first kappa shape index (κ1) is 11.7. The molecule has 0 unspecified atom stereocenters. The van der Waals surface area contributed by atoms with E-state index in [0.717, 1.165) is 0 Å². The lowest BCUT2D eigenvalue weighted by molar-refractivity contribution is 0.590. The summed E-state index contributed by atoms with van der Waals surface area (Å²) in [6.07, 6.45) is 0. The van der Waals surface area contributed by atoms with Crippen LogP contribution in [0.1, 0.15) is 33.3 Å². The van der Waals surface area contributed by atoms with E-state index in [1.807, 2.05) is 0 Å². The third kappa shape index (κ3) is 5.03. The molecule has 0 aliphatic heterocycles. The monoisotopic (exact) mass is 175 g/mol. The first-order valence-corrected chi connectivity index (χ1v) is 4.38. The quantitative estimate of drug-likeness (QED) is 0.592. The molecule has 1 rings (SSSR count). The van der Waals surface area contributed by atoms with E-state index < -0.39 is 0 Å². The van der Waals surface area contributed by atoms with E-state index in [9.17, 15) is 0 Å². The van der Waals surface area contributed by atoms with E-state index in [1.165, 1.54) is 12.5 Å². The zero-order valence-corrected chi connectivity index (χ0v) is 8.83. The van der Waals surface area contributed by atoms with Crippen LogP contribution in [0.2, 0.25) is 0 Å². The summed E-state index contributed by atoms with van der Waals surface area (Å²) in [6, 6.07) is 12.3. The largest absolute Gasteiger partial charge is 0.199 e. The average Bonchev–Trinajstić information content (AvgIpc) is 2.06. The first-order chi connectivity index (χ1) is 6.02. The molecule has 70 valence electrons. The van der Waals surface area contributed by atoms with Crippen molar-refractivity contribution < 1.29 is 0 Å². The summed E-state index contributed by atoms with van der Waals surface area (Å²) < 4.78 is 0. The second-order valence-corrected chi connectivity index (χ2v) is 3.84. The zero-order valence-electron chi connectivity index (χ0n) is 8.83. The van der Waals surface area contributed by atoms with Crippen LogP contribution >= 0.6 is 0 Å². The Balaban J connectivity index is 0.000000424. The molecule has 0 spiro atoms. The number of nitrogens with zero attached hydrogens (tertiary/aromatic N) is 1. The van der Waals surface area contributed by atoms with Crippen LogP contribution in [-0.4, -0.2) is 0 Å². The van der Waals surface area contributed by atoms with Crippen molar-refractivity contribution in [3.8, 4) is 6.07 Å². The van der Waals surface area contributed by atoms with Crippen LogP contribution in [0.25, 0.3) is 0 Å². The van der Waals surface area contributed by atoms with Gasteiger partial charge in [-0.25, -0.2) is 0 Å². The summed E-state index contributed by atoms with van der Waals surface area (Å²) in [6.45, 7) is 8.10. The van der Waals surface area contributed by atoms with Gasteiger partial charge in [0, 0.05) is 6.92 Å². The summed E-state index contributed by atoms with van der Waals surface area (Å²) >= 11 is 0. The van der Waals surface area contributed by atoms with Crippen molar-refractivity contribution in [1.82, 2.24) is 0 Å². The number of rotatable bonds is 0. The van der Waals surface area contributed by atoms with Crippen molar-refractivity contribution in [2.75, 3.05) is 0 Å². The van der Waals surface area contributed by atoms with Crippen LogP contribution in [0.5, 0.6) is 0 Å². The van der Waals surface area contributed by atoms with Crippen molar-refractivity contribution in [3.05, 3.63) is 35.9 Å². The molecule has 0 heterocycles. The van der Waals surface area contributed by atoms with Gasteiger partial charge < -0.3 is 0 Å². The van der Waals surface area contributed by atoms with E-state index in [2.05, 4.69) is 51.1 Å². The van der Waals surface area contributed by atoms with Crippen molar-refractivity contribution in [1.29, 1.82) is 5.26 Å². The van der Waals surface area contributed by atoms with Crippen LogP contribution in [0.4, 0.5) is 0 Å². The van der Waals surface area contributed by atoms with Crippen LogP contribution in [-0.2, 0) is 5.41 Å². The number of benzene rings is 1. The highest BCUT2D eigenvalue weighted by molar-refractivity contribution is 5.21. The molecule has 0 aliphatic rings. The third-order valence-electron chi connectivity index (χ3n) is 1.64. The minimum atomic E-state index is 0.293. The van der Waals surface area contributed by atoms with Gasteiger partial charge in [0.2, 0.25) is 0 Å². The molecule has 1 heteroatoms. The van der Waals surface area contributed by atoms with Crippen molar-refractivity contribution in [2.24, 2.45) is 0 Å². The van der Waals surface area contributed by atoms with E-state index in [4.69, 9.17) is 5.26 Å². The Bertz CT molecular complexity index is 261. The normalized spacial score (nSPS) is 9.46. The van der Waals surface area contributed by atoms with Crippen LogP contribution in [0.15, 0.2) is 30.3 Å². The average molecular weight is 175 g/mol. The highest BCUT2D eigenvalue weighted by Crippen LogP contribution is 2.20. The minimum absolute atomic E-state index is 0.293. The van der Waals surface area contributed by atoms with Crippen LogP contribution < -0.4 is 0 Å². The molecular formula is C12H17N. The summed E-state index contributed by atoms with van der Waals surface area (Å²) in [7, 11) is 0. The van der Waals surface area contributed by atoms with Gasteiger partial charge >= 0.3 is 0 Å². The molecule has 0 atom stereocenters. The Hall–Kier alpha value is -1.29. The number of hydrogen-bond donors (Lipinski definition) is 0. The second kappa shape index (κ2) is 5.37. The van der Waals surface area contributed by atoms with Gasteiger partial charge in [-0.05, 0) is 11.0 Å². The fourth-order valence-corrected chi connectivity index (χ4v) is 0.938. The molecule has 1 aromatic rings. The molecule has 0 aromatic heterocycles. The molecule has 0 saturated carbocycles. The molecule has 0 bridgehead atoms. The topological polar surface area (TPSA) is 23.8 Å². The molecular weight excluding hydrogens is 158 g/mol. The van der Waals surface area contributed by atoms with Gasteiger partial charge in [-0.15, -0.1) is 0 Å². The smallest absolute Gasteiger partial charge is 0.0587 e. The van der Waals surface area contributed by atoms with Gasteiger partial charge in [-0.1, -0.05) is 51.1 Å². The van der Waals surface area contributed by atoms with E-state index in [1.54, 1.807) is 6.07 Å². The van der Waals surface area contributed by atoms with E-state index in [-0.39, 0.29) is 0 Å². The molecule has 1 aromatic carbocycles. The molecule has 0 saturated heterocycles. The third-order valence-corrected chi connectivity index (χ3v) is 1.64. The Morgan fingerprint density at radius 1 is 1.08 bits per heavy atom. The lowest BCUT2D eigenvalue weighted by Crippen LogP contribution is -2.10. The van der Waals surface area contributed by atoms with Gasteiger partial charge in [-0.3, -0.25) is 0 Å². The summed E-state index contributed by atoms with van der Waals surface area (Å²) in [5, 5.41) is 7.32. The molecule has 13 heavy (non-hydrogen) atoms. The van der Waals surface area contributed by atoms with Crippen molar-refractivity contribution in [2.45, 2.75) is 33.1 Å². The Morgan fingerprint density at radius 3 is 1.69 bits per heavy atom. The van der Waals surface area contributed by atoms with Crippen molar-refractivity contribution in [3.63, 3.8) is 0 Å². The minimum Gasteiger partial charge on any atom is -0.199 e. The molecule has 0 radical (unpaired) electrons. The standard InChI is InChI=1S/C10H14.C2H3N/c1-10(2,3)9-7-5-4-6-8-9;1-2-3/h4-8H,1-3H3;1H3. The van der Waals surface area contributed by atoms with Crippen molar-refractivity contribution >= 4 is 0 Å². The highest BCUT2D eigenvalue weighted by Gasteiger charge is 2.11. The van der Waals surface area contributed by atoms with Crippen LogP contribution in [0.3, 0.4) is 0 Å². The van der Waals surface area contributed by atoms with Gasteiger partial charge in [0.25, 0.3) is 0 Å². The predicted octanol–water partition coefficient (Wildman–Crippen LogP) is 3.51. The van der Waals surface area contributed by atoms with Gasteiger partial charge in [0.1, 0.15) is 0 Å². The molecule has 0 amide bonds. The van der Waals surface area contributed by atoms with E-state index >= 15 is 0 Å². The Labute approximate surface area is 81.0 Å². The zero-order chi connectivity index (χ0) is 10.3. The predicted molar refractivity (Wildman–Crippen MR) is 56.4 cm³/mol. The lowest BCUT2D eigenvalue weighted by atomic mass is 9.87. The Morgan fingerprint density at radius 2 is 1.46 bits per heavy atom. The summed E-state index contributed by atoms with van der Waals surface area (Å²) in [5.41, 5.74) is 1.69. The number of nitriles is 1. The molecule has 0 N–H and O–H groups in total. The SMILES string of the molecule is CC#N.CC(C)(C)c1ccccc1. The Kier molecular flexibility index (Phi) is 4.84. The maximum Gasteiger partial charge on any atom is 0.0587 e. The van der Waals surface area contributed by atoms with Gasteiger partial charge in [0.15, 0.2) is 0 Å². The van der Waals surface area contributed by atoms with Crippen LogP contribution in [0, 0.1) is 11.3 Å². The molecule has 1 nitrogen and oxygen atoms in total. The van der Waals surface area contributed by atoms with Gasteiger partial charge in [0.05, 0.1) is 6.07 Å². The maximum absolute atomic E-state index is 7.32. The van der Waals surface area contributed by atoms with E-state index in [0.29, 0.717) is 5.41 Å². The first-order valence-electron chi connectivity index (χ1n) is 4.38. The molecule has 0 aliphatic carbocycles. The fourth-order valence-electron chi connectivity index (χ4n) is 0.938.